The van der Waals surface area contributed by atoms with Crippen LogP contribution < -0.4 is 0 Å². The van der Waals surface area contributed by atoms with Gasteiger partial charge in [0.25, 0.3) is 0 Å². The number of halogens is 1. The van der Waals surface area contributed by atoms with Crippen LogP contribution in [0.4, 0.5) is 14.0 Å². The van der Waals surface area contributed by atoms with E-state index in [0.29, 0.717) is 16.7 Å². The first-order valence-corrected chi connectivity index (χ1v) is 9.64. The summed E-state index contributed by atoms with van der Waals surface area (Å²) < 4.78 is 30.6. The maximum absolute atomic E-state index is 15.5. The average molecular weight is 421 g/mol. The third kappa shape index (κ3) is 5.36. The molecular weight excluding hydrogens is 393 g/mol. The van der Waals surface area contributed by atoms with Crippen molar-refractivity contribution in [3.63, 3.8) is 0 Å². The van der Waals surface area contributed by atoms with Gasteiger partial charge in [0.2, 0.25) is 0 Å². The minimum absolute atomic E-state index is 0.343. The van der Waals surface area contributed by atoms with Gasteiger partial charge in [-0.15, -0.1) is 0 Å². The van der Waals surface area contributed by atoms with Crippen LogP contribution in [0.25, 0.3) is 0 Å². The number of amides is 2. The third-order valence-corrected chi connectivity index (χ3v) is 4.72. The number of methoxy groups -OCH3 is 1. The smallest absolute Gasteiger partial charge is 0.420 e. The first-order valence-electron chi connectivity index (χ1n) is 8.66. The Hall–Kier alpha value is -1.84. The van der Waals surface area contributed by atoms with Gasteiger partial charge in [0, 0.05) is 19.1 Å². The second-order valence-corrected chi connectivity index (χ2v) is 9.72. The molecule has 0 aromatic carbocycles. The fourth-order valence-corrected chi connectivity index (χ4v) is 3.32. The lowest BCUT2D eigenvalue weighted by atomic mass is 10.1. The van der Waals surface area contributed by atoms with E-state index in [1.54, 1.807) is 41.5 Å². The van der Waals surface area contributed by atoms with Crippen LogP contribution in [0, 0.1) is 0 Å². The molecule has 28 heavy (non-hydrogen) atoms. The highest BCUT2D eigenvalue weighted by atomic mass is 32.2. The van der Waals surface area contributed by atoms with Crippen molar-refractivity contribution in [1.29, 1.82) is 0 Å². The van der Waals surface area contributed by atoms with E-state index in [9.17, 15) is 19.2 Å². The summed E-state index contributed by atoms with van der Waals surface area (Å²) in [4.78, 5) is 49.7. The van der Waals surface area contributed by atoms with E-state index in [1.165, 1.54) is 6.92 Å². The number of esters is 1. The van der Waals surface area contributed by atoms with E-state index in [0.717, 1.165) is 7.11 Å². The van der Waals surface area contributed by atoms with Crippen molar-refractivity contribution in [2.75, 3.05) is 12.9 Å². The first-order chi connectivity index (χ1) is 12.5. The van der Waals surface area contributed by atoms with Gasteiger partial charge in [-0.1, -0.05) is 11.8 Å². The summed E-state index contributed by atoms with van der Waals surface area (Å²) in [6.07, 6.45) is -3.00. The van der Waals surface area contributed by atoms with Crippen LogP contribution in [0.1, 0.15) is 54.9 Å². The van der Waals surface area contributed by atoms with E-state index in [4.69, 9.17) is 14.2 Å². The molecule has 1 rings (SSSR count). The largest absolute Gasteiger partial charge is 0.467 e. The summed E-state index contributed by atoms with van der Waals surface area (Å²) in [6, 6.07) is 0. The molecule has 2 atom stereocenters. The number of ether oxygens (including phenoxy) is 3. The molecule has 1 saturated carbocycles. The molecule has 10 heteroatoms. The Morgan fingerprint density at radius 1 is 1.00 bits per heavy atom. The van der Waals surface area contributed by atoms with Gasteiger partial charge >= 0.3 is 18.2 Å². The molecule has 1 fully saturated rings. The van der Waals surface area contributed by atoms with Crippen LogP contribution in [-0.4, -0.2) is 63.4 Å². The van der Waals surface area contributed by atoms with Crippen LogP contribution in [0.5, 0.6) is 0 Å². The van der Waals surface area contributed by atoms with Gasteiger partial charge in [0.1, 0.15) is 11.2 Å². The summed E-state index contributed by atoms with van der Waals surface area (Å²) in [5.74, 6) is -1.56. The second-order valence-electron chi connectivity index (χ2n) is 8.57. The maximum atomic E-state index is 15.5. The van der Waals surface area contributed by atoms with E-state index in [1.807, 2.05) is 0 Å². The molecule has 2 amide bonds. The first kappa shape index (κ1) is 24.2. The van der Waals surface area contributed by atoms with Gasteiger partial charge in [0.05, 0.1) is 7.11 Å². The van der Waals surface area contributed by atoms with Crippen LogP contribution in [0.3, 0.4) is 0 Å². The summed E-state index contributed by atoms with van der Waals surface area (Å²) in [5, 5.41) is -0.372. The zero-order chi connectivity index (χ0) is 22.1. The fraction of sp³-hybridized carbons (Fsp3) is 0.778. The standard InChI is InChI=1S/C18H28FNO7S/c1-11(21)28-10-17(19)9-18(17,12(22)25-8)20(13(23)26-15(2,3)4)14(24)27-16(5,6)7/h9-10H2,1-8H3/t17-,18?/m1/s1. The average Bonchev–Trinajstić information content (AvgIpc) is 3.07. The summed E-state index contributed by atoms with van der Waals surface area (Å²) in [6.45, 7) is 10.6. The molecule has 0 aliphatic heterocycles. The molecule has 0 aromatic heterocycles. The molecule has 0 N–H and O–H groups in total. The Kier molecular flexibility index (Phi) is 6.81. The number of carbonyl (C=O) groups is 4. The Morgan fingerprint density at radius 2 is 1.43 bits per heavy atom. The highest BCUT2D eigenvalue weighted by Crippen LogP contribution is 2.58. The third-order valence-electron chi connectivity index (χ3n) is 3.71. The van der Waals surface area contributed by atoms with Gasteiger partial charge < -0.3 is 14.2 Å². The summed E-state index contributed by atoms with van der Waals surface area (Å²) in [5.41, 5.74) is -6.66. The number of imide groups is 1. The van der Waals surface area contributed by atoms with Crippen molar-refractivity contribution in [3.05, 3.63) is 0 Å². The molecule has 0 saturated heterocycles. The molecule has 8 nitrogen and oxygen atoms in total. The highest BCUT2D eigenvalue weighted by Gasteiger charge is 2.81. The van der Waals surface area contributed by atoms with Gasteiger partial charge in [-0.25, -0.2) is 18.8 Å². The van der Waals surface area contributed by atoms with E-state index in [2.05, 4.69) is 0 Å². The number of carbonyl (C=O) groups excluding carboxylic acids is 4. The predicted octanol–water partition coefficient (Wildman–Crippen LogP) is 3.46. The maximum Gasteiger partial charge on any atom is 0.420 e. The van der Waals surface area contributed by atoms with Crippen molar-refractivity contribution in [2.45, 2.75) is 77.3 Å². The molecule has 0 aromatic rings. The topological polar surface area (TPSA) is 99.2 Å². The van der Waals surface area contributed by atoms with E-state index >= 15 is 4.39 Å². The lowest BCUT2D eigenvalue weighted by molar-refractivity contribution is -0.150. The lowest BCUT2D eigenvalue weighted by Crippen LogP contribution is -2.57. The van der Waals surface area contributed by atoms with Crippen LogP contribution >= 0.6 is 11.8 Å². The van der Waals surface area contributed by atoms with Crippen LogP contribution in [-0.2, 0) is 23.8 Å². The molecule has 0 radical (unpaired) electrons. The lowest BCUT2D eigenvalue weighted by Gasteiger charge is -2.33. The molecule has 160 valence electrons. The minimum Gasteiger partial charge on any atom is -0.467 e. The SMILES string of the molecule is COC(=O)C1(N(C(=O)OC(C)(C)C)C(=O)OC(C)(C)C)C[C@@]1(F)CSC(C)=O. The van der Waals surface area contributed by atoms with Gasteiger partial charge in [-0.2, -0.15) is 4.90 Å². The van der Waals surface area contributed by atoms with Gasteiger partial charge in [-0.3, -0.25) is 4.79 Å². The predicted molar refractivity (Wildman–Crippen MR) is 101 cm³/mol. The normalized spacial score (nSPS) is 24.2. The Morgan fingerprint density at radius 3 is 1.75 bits per heavy atom. The number of nitrogens with zero attached hydrogens (tertiary/aromatic N) is 1. The van der Waals surface area contributed by atoms with Crippen LogP contribution in [0.15, 0.2) is 0 Å². The number of hydrogen-bond acceptors (Lipinski definition) is 8. The number of alkyl halides is 1. The van der Waals surface area contributed by atoms with Crippen molar-refractivity contribution in [1.82, 2.24) is 4.90 Å². The zero-order valence-corrected chi connectivity index (χ0v) is 18.3. The minimum atomic E-state index is -2.36. The van der Waals surface area contributed by atoms with E-state index < -0.39 is 52.7 Å². The van der Waals surface area contributed by atoms with Gasteiger partial charge in [0.15, 0.2) is 16.3 Å². The Bertz CT molecular complexity index is 642. The molecule has 1 aliphatic rings. The van der Waals surface area contributed by atoms with Crippen molar-refractivity contribution in [2.24, 2.45) is 0 Å². The number of rotatable bonds is 4. The Labute approximate surface area is 168 Å². The quantitative estimate of drug-likeness (QED) is 0.503. The summed E-state index contributed by atoms with van der Waals surface area (Å²) in [7, 11) is 1.02. The van der Waals surface area contributed by atoms with Gasteiger partial charge in [-0.05, 0) is 41.5 Å². The number of hydrogen-bond donors (Lipinski definition) is 0. The molecule has 1 unspecified atom stereocenters. The molecule has 0 bridgehead atoms. The molecular formula is C18H28FNO7S. The summed E-state index contributed by atoms with van der Waals surface area (Å²) >= 11 is 0.645. The highest BCUT2D eigenvalue weighted by molar-refractivity contribution is 8.13. The van der Waals surface area contributed by atoms with Crippen molar-refractivity contribution < 1.29 is 37.8 Å². The van der Waals surface area contributed by atoms with Crippen LogP contribution in [0.2, 0.25) is 0 Å². The molecule has 1 aliphatic carbocycles. The van der Waals surface area contributed by atoms with Crippen molar-refractivity contribution in [3.8, 4) is 0 Å². The zero-order valence-electron chi connectivity index (χ0n) is 17.5. The van der Waals surface area contributed by atoms with Crippen molar-refractivity contribution >= 4 is 35.0 Å². The number of thioether (sulfide) groups is 1. The fourth-order valence-electron chi connectivity index (χ4n) is 2.54. The molecule has 0 heterocycles. The Balaban J connectivity index is 3.41. The van der Waals surface area contributed by atoms with E-state index in [-0.39, 0.29) is 5.12 Å². The second kappa shape index (κ2) is 7.88. The monoisotopic (exact) mass is 421 g/mol. The molecule has 0 spiro atoms.